The molecule has 2 rings (SSSR count). The van der Waals surface area contributed by atoms with E-state index < -0.39 is 0 Å². The molecule has 1 heterocycles. The minimum Gasteiger partial charge on any atom is -0.491 e. The fourth-order valence-electron chi connectivity index (χ4n) is 1.96. The molecule has 0 aromatic heterocycles. The van der Waals surface area contributed by atoms with Crippen LogP contribution in [0, 0.1) is 0 Å². The van der Waals surface area contributed by atoms with Crippen molar-refractivity contribution in [3.05, 3.63) is 24.3 Å². The Bertz CT molecular complexity index is 331. The van der Waals surface area contributed by atoms with Gasteiger partial charge in [-0.2, -0.15) is 0 Å². The molecule has 0 atom stereocenters. The quantitative estimate of drug-likeness (QED) is 0.751. The third-order valence-electron chi connectivity index (χ3n) is 2.75. The lowest BCUT2D eigenvalue weighted by Crippen LogP contribution is -2.22. The van der Waals surface area contributed by atoms with Gasteiger partial charge in [0.1, 0.15) is 5.75 Å². The molecule has 2 nitrogen and oxygen atoms in total. The Labute approximate surface area is 108 Å². The molecule has 0 saturated carbocycles. The molecular formula is C14H21NOS. The normalized spacial score (nSPS) is 17.4. The zero-order valence-corrected chi connectivity index (χ0v) is 11.5. The number of hydrogen-bond donors (Lipinski definition) is 0. The molecule has 1 fully saturated rings. The van der Waals surface area contributed by atoms with Crippen LogP contribution in [0.5, 0.6) is 5.75 Å². The number of nitrogens with zero attached hydrogens (tertiary/aromatic N) is 1. The van der Waals surface area contributed by atoms with E-state index in [1.165, 1.54) is 37.2 Å². The molecule has 0 radical (unpaired) electrons. The maximum Gasteiger partial charge on any atom is 0.119 e. The van der Waals surface area contributed by atoms with Gasteiger partial charge in [-0.3, -0.25) is 0 Å². The van der Waals surface area contributed by atoms with Gasteiger partial charge >= 0.3 is 0 Å². The first kappa shape index (κ1) is 12.8. The largest absolute Gasteiger partial charge is 0.491 e. The Morgan fingerprint density at radius 1 is 1.06 bits per heavy atom. The molecule has 1 aromatic rings. The van der Waals surface area contributed by atoms with Crippen molar-refractivity contribution in [2.75, 3.05) is 13.1 Å². The topological polar surface area (TPSA) is 12.5 Å². The van der Waals surface area contributed by atoms with Gasteiger partial charge in [-0.15, -0.1) is 0 Å². The standard InChI is InChI=1S/C14H21NOS/c1-12(2)16-13-6-8-14(9-7-13)17-15-10-4-3-5-11-15/h6-9,12H,3-5,10-11H2,1-2H3. The van der Waals surface area contributed by atoms with Crippen LogP contribution in [0.4, 0.5) is 0 Å². The van der Waals surface area contributed by atoms with Crippen molar-refractivity contribution in [1.82, 2.24) is 4.31 Å². The molecule has 0 bridgehead atoms. The van der Waals surface area contributed by atoms with E-state index in [1.807, 2.05) is 11.9 Å². The molecule has 0 N–H and O–H groups in total. The average molecular weight is 251 g/mol. The average Bonchev–Trinajstić information content (AvgIpc) is 2.32. The van der Waals surface area contributed by atoms with Crippen LogP contribution in [0.3, 0.4) is 0 Å². The lowest BCUT2D eigenvalue weighted by Gasteiger charge is -2.25. The van der Waals surface area contributed by atoms with E-state index in [1.54, 1.807) is 0 Å². The third kappa shape index (κ3) is 4.25. The summed E-state index contributed by atoms with van der Waals surface area (Å²) >= 11 is 1.87. The van der Waals surface area contributed by atoms with E-state index >= 15 is 0 Å². The molecule has 1 aliphatic rings. The van der Waals surface area contributed by atoms with E-state index in [2.05, 4.69) is 42.4 Å². The van der Waals surface area contributed by atoms with Gasteiger partial charge in [0.2, 0.25) is 0 Å². The number of hydrogen-bond acceptors (Lipinski definition) is 3. The molecular weight excluding hydrogens is 230 g/mol. The van der Waals surface area contributed by atoms with E-state index in [0.717, 1.165) is 5.75 Å². The first-order valence-corrected chi connectivity index (χ1v) is 7.21. The zero-order valence-electron chi connectivity index (χ0n) is 10.7. The maximum atomic E-state index is 5.64. The summed E-state index contributed by atoms with van der Waals surface area (Å²) < 4.78 is 8.10. The van der Waals surface area contributed by atoms with Crippen LogP contribution >= 0.6 is 11.9 Å². The number of rotatable bonds is 4. The molecule has 0 unspecified atom stereocenters. The molecule has 1 aliphatic heterocycles. The fourth-order valence-corrected chi connectivity index (χ4v) is 2.95. The predicted molar refractivity (Wildman–Crippen MR) is 73.5 cm³/mol. The van der Waals surface area contributed by atoms with Crippen molar-refractivity contribution in [3.8, 4) is 5.75 Å². The van der Waals surface area contributed by atoms with Crippen molar-refractivity contribution in [3.63, 3.8) is 0 Å². The van der Waals surface area contributed by atoms with Crippen LogP contribution in [0.15, 0.2) is 29.2 Å². The van der Waals surface area contributed by atoms with Crippen molar-refractivity contribution in [2.24, 2.45) is 0 Å². The highest BCUT2D eigenvalue weighted by Gasteiger charge is 2.11. The summed E-state index contributed by atoms with van der Waals surface area (Å²) in [6, 6.07) is 8.42. The molecule has 0 aliphatic carbocycles. The highest BCUT2D eigenvalue weighted by molar-refractivity contribution is 7.97. The molecule has 94 valence electrons. The van der Waals surface area contributed by atoms with E-state index in [0.29, 0.717) is 0 Å². The molecule has 3 heteroatoms. The Morgan fingerprint density at radius 3 is 2.29 bits per heavy atom. The smallest absolute Gasteiger partial charge is 0.119 e. The first-order valence-electron chi connectivity index (χ1n) is 6.44. The lowest BCUT2D eigenvalue weighted by molar-refractivity contribution is 0.242. The Hall–Kier alpha value is -0.670. The number of ether oxygens (including phenoxy) is 1. The third-order valence-corrected chi connectivity index (χ3v) is 3.85. The second-order valence-corrected chi connectivity index (χ2v) is 5.89. The van der Waals surface area contributed by atoms with Crippen LogP contribution in [0.25, 0.3) is 0 Å². The Kier molecular flexibility index (Phi) is 4.75. The summed E-state index contributed by atoms with van der Waals surface area (Å²) in [4.78, 5) is 1.31. The van der Waals surface area contributed by atoms with Gasteiger partial charge in [0.15, 0.2) is 0 Å². The van der Waals surface area contributed by atoms with Crippen LogP contribution in [0.2, 0.25) is 0 Å². The predicted octanol–water partition coefficient (Wildman–Crippen LogP) is 3.97. The molecule has 1 aromatic carbocycles. The van der Waals surface area contributed by atoms with Gasteiger partial charge in [-0.25, -0.2) is 4.31 Å². The van der Waals surface area contributed by atoms with Crippen molar-refractivity contribution in [2.45, 2.75) is 44.1 Å². The SMILES string of the molecule is CC(C)Oc1ccc(SN2CCCCC2)cc1. The van der Waals surface area contributed by atoms with E-state index in [4.69, 9.17) is 4.74 Å². The summed E-state index contributed by atoms with van der Waals surface area (Å²) in [5, 5.41) is 0. The summed E-state index contributed by atoms with van der Waals surface area (Å²) in [5.41, 5.74) is 0. The number of piperidine rings is 1. The second-order valence-electron chi connectivity index (χ2n) is 4.72. The zero-order chi connectivity index (χ0) is 12.1. The minimum absolute atomic E-state index is 0.246. The van der Waals surface area contributed by atoms with Gasteiger partial charge in [0.05, 0.1) is 6.10 Å². The van der Waals surface area contributed by atoms with Gasteiger partial charge < -0.3 is 4.74 Å². The molecule has 1 saturated heterocycles. The molecule has 17 heavy (non-hydrogen) atoms. The van der Waals surface area contributed by atoms with Crippen molar-refractivity contribution < 1.29 is 4.74 Å². The first-order chi connectivity index (χ1) is 8.24. The van der Waals surface area contributed by atoms with Crippen LogP contribution in [-0.2, 0) is 0 Å². The van der Waals surface area contributed by atoms with Crippen LogP contribution < -0.4 is 4.74 Å². The summed E-state index contributed by atoms with van der Waals surface area (Å²) in [6.45, 7) is 6.54. The van der Waals surface area contributed by atoms with E-state index in [9.17, 15) is 0 Å². The minimum atomic E-state index is 0.246. The van der Waals surface area contributed by atoms with E-state index in [-0.39, 0.29) is 6.10 Å². The Morgan fingerprint density at radius 2 is 1.71 bits per heavy atom. The summed E-state index contributed by atoms with van der Waals surface area (Å²) in [6.07, 6.45) is 4.30. The van der Waals surface area contributed by atoms with Crippen LogP contribution in [-0.4, -0.2) is 23.5 Å². The highest BCUT2D eigenvalue weighted by Crippen LogP contribution is 2.27. The van der Waals surface area contributed by atoms with Gasteiger partial charge in [-0.05, 0) is 62.9 Å². The second kappa shape index (κ2) is 6.31. The van der Waals surface area contributed by atoms with Gasteiger partial charge in [0.25, 0.3) is 0 Å². The highest BCUT2D eigenvalue weighted by atomic mass is 32.2. The lowest BCUT2D eigenvalue weighted by atomic mass is 10.2. The summed E-state index contributed by atoms with van der Waals surface area (Å²) in [5.74, 6) is 0.961. The molecule has 0 amide bonds. The van der Waals surface area contributed by atoms with Gasteiger partial charge in [0, 0.05) is 18.0 Å². The fraction of sp³-hybridized carbons (Fsp3) is 0.571. The Balaban J connectivity index is 1.88. The summed E-state index contributed by atoms with van der Waals surface area (Å²) in [7, 11) is 0. The monoisotopic (exact) mass is 251 g/mol. The van der Waals surface area contributed by atoms with Gasteiger partial charge in [-0.1, -0.05) is 6.42 Å². The van der Waals surface area contributed by atoms with Crippen molar-refractivity contribution >= 4 is 11.9 Å². The number of benzene rings is 1. The van der Waals surface area contributed by atoms with Crippen molar-refractivity contribution in [1.29, 1.82) is 0 Å². The molecule has 0 spiro atoms. The van der Waals surface area contributed by atoms with Crippen LogP contribution in [0.1, 0.15) is 33.1 Å². The maximum absolute atomic E-state index is 5.64.